The van der Waals surface area contributed by atoms with Crippen molar-refractivity contribution in [1.82, 2.24) is 0 Å². The van der Waals surface area contributed by atoms with Crippen molar-refractivity contribution in [3.05, 3.63) is 29.3 Å². The van der Waals surface area contributed by atoms with Crippen LogP contribution >= 0.6 is 0 Å². The SMILES string of the molecule is CCCOC(=O)C(=O)Nc1ccc(C)c(C)c1. The highest BCUT2D eigenvalue weighted by Gasteiger charge is 2.14. The van der Waals surface area contributed by atoms with Gasteiger partial charge in [0.15, 0.2) is 0 Å². The summed E-state index contributed by atoms with van der Waals surface area (Å²) in [5.74, 6) is -1.58. The number of rotatable bonds is 3. The molecule has 17 heavy (non-hydrogen) atoms. The Labute approximate surface area is 101 Å². The van der Waals surface area contributed by atoms with Crippen LogP contribution < -0.4 is 5.32 Å². The maximum atomic E-state index is 11.4. The van der Waals surface area contributed by atoms with Crippen molar-refractivity contribution in [2.24, 2.45) is 0 Å². The number of esters is 1. The first-order chi connectivity index (χ1) is 8.04. The van der Waals surface area contributed by atoms with Crippen molar-refractivity contribution in [3.8, 4) is 0 Å². The molecule has 0 fully saturated rings. The molecular weight excluding hydrogens is 218 g/mol. The first-order valence-corrected chi connectivity index (χ1v) is 5.60. The molecule has 1 amide bonds. The summed E-state index contributed by atoms with van der Waals surface area (Å²) in [4.78, 5) is 22.7. The molecule has 0 aliphatic rings. The number of carbonyl (C=O) groups is 2. The smallest absolute Gasteiger partial charge is 0.397 e. The van der Waals surface area contributed by atoms with Gasteiger partial charge in [-0.15, -0.1) is 0 Å². The Morgan fingerprint density at radius 1 is 1.24 bits per heavy atom. The summed E-state index contributed by atoms with van der Waals surface area (Å²) < 4.78 is 4.73. The van der Waals surface area contributed by atoms with Gasteiger partial charge in [-0.3, -0.25) is 4.79 Å². The summed E-state index contributed by atoms with van der Waals surface area (Å²) >= 11 is 0. The van der Waals surface area contributed by atoms with Gasteiger partial charge in [0.25, 0.3) is 0 Å². The molecule has 1 N–H and O–H groups in total. The number of nitrogens with one attached hydrogen (secondary N) is 1. The molecule has 1 aromatic carbocycles. The fourth-order valence-electron chi connectivity index (χ4n) is 1.26. The fraction of sp³-hybridized carbons (Fsp3) is 0.385. The Morgan fingerprint density at radius 3 is 2.53 bits per heavy atom. The van der Waals surface area contributed by atoms with Crippen LogP contribution in [0.25, 0.3) is 0 Å². The summed E-state index contributed by atoms with van der Waals surface area (Å²) in [5.41, 5.74) is 2.80. The molecule has 0 saturated heterocycles. The highest BCUT2D eigenvalue weighted by Crippen LogP contribution is 2.13. The number of hydrogen-bond acceptors (Lipinski definition) is 3. The quantitative estimate of drug-likeness (QED) is 0.645. The summed E-state index contributed by atoms with van der Waals surface area (Å²) in [5, 5.41) is 2.51. The van der Waals surface area contributed by atoms with Crippen LogP contribution in [0.2, 0.25) is 0 Å². The molecule has 0 bridgehead atoms. The second-order valence-corrected chi connectivity index (χ2v) is 3.89. The highest BCUT2D eigenvalue weighted by atomic mass is 16.5. The second kappa shape index (κ2) is 6.03. The minimum atomic E-state index is -0.843. The topological polar surface area (TPSA) is 55.4 Å². The zero-order chi connectivity index (χ0) is 12.8. The second-order valence-electron chi connectivity index (χ2n) is 3.89. The molecule has 4 heteroatoms. The minimum absolute atomic E-state index is 0.263. The van der Waals surface area contributed by atoms with E-state index in [2.05, 4.69) is 5.32 Å². The van der Waals surface area contributed by atoms with Crippen LogP contribution in [-0.2, 0) is 14.3 Å². The Hall–Kier alpha value is -1.84. The van der Waals surface area contributed by atoms with Gasteiger partial charge in [0.1, 0.15) is 0 Å². The number of carbonyl (C=O) groups excluding carboxylic acids is 2. The van der Waals surface area contributed by atoms with Gasteiger partial charge < -0.3 is 10.1 Å². The largest absolute Gasteiger partial charge is 0.459 e. The number of hydrogen-bond donors (Lipinski definition) is 1. The van der Waals surface area contributed by atoms with Crippen LogP contribution in [0.1, 0.15) is 24.5 Å². The summed E-state index contributed by atoms with van der Waals surface area (Å²) in [6.07, 6.45) is 0.697. The molecule has 92 valence electrons. The van der Waals surface area contributed by atoms with E-state index in [9.17, 15) is 9.59 Å². The van der Waals surface area contributed by atoms with Crippen LogP contribution in [-0.4, -0.2) is 18.5 Å². The van der Waals surface area contributed by atoms with Crippen molar-refractivity contribution in [2.75, 3.05) is 11.9 Å². The number of aryl methyl sites for hydroxylation is 2. The van der Waals surface area contributed by atoms with Crippen molar-refractivity contribution in [2.45, 2.75) is 27.2 Å². The van der Waals surface area contributed by atoms with E-state index in [4.69, 9.17) is 4.74 Å². The third kappa shape index (κ3) is 3.90. The molecule has 0 radical (unpaired) electrons. The van der Waals surface area contributed by atoms with E-state index < -0.39 is 11.9 Å². The monoisotopic (exact) mass is 235 g/mol. The maximum Gasteiger partial charge on any atom is 0.397 e. The Kier molecular flexibility index (Phi) is 4.69. The summed E-state index contributed by atoms with van der Waals surface area (Å²) in [6, 6.07) is 5.47. The van der Waals surface area contributed by atoms with Crippen LogP contribution in [0, 0.1) is 13.8 Å². The van der Waals surface area contributed by atoms with Crippen molar-refractivity contribution >= 4 is 17.6 Å². The van der Waals surface area contributed by atoms with E-state index in [1.165, 1.54) is 0 Å². The van der Waals surface area contributed by atoms with Gasteiger partial charge in [-0.2, -0.15) is 0 Å². The maximum absolute atomic E-state index is 11.4. The van der Waals surface area contributed by atoms with Gasteiger partial charge in [0.05, 0.1) is 6.61 Å². The van der Waals surface area contributed by atoms with E-state index >= 15 is 0 Å². The zero-order valence-corrected chi connectivity index (χ0v) is 10.4. The van der Waals surface area contributed by atoms with Crippen molar-refractivity contribution in [3.63, 3.8) is 0 Å². The lowest BCUT2D eigenvalue weighted by Crippen LogP contribution is -2.25. The van der Waals surface area contributed by atoms with Crippen molar-refractivity contribution < 1.29 is 14.3 Å². The average Bonchev–Trinajstić information content (AvgIpc) is 2.30. The average molecular weight is 235 g/mol. The van der Waals surface area contributed by atoms with Gasteiger partial charge in [-0.25, -0.2) is 4.79 Å². The van der Waals surface area contributed by atoms with E-state index in [0.717, 1.165) is 11.1 Å². The van der Waals surface area contributed by atoms with Crippen LogP contribution in [0.3, 0.4) is 0 Å². The molecule has 0 aliphatic carbocycles. The zero-order valence-electron chi connectivity index (χ0n) is 10.4. The Bertz CT molecular complexity index is 427. The first kappa shape index (κ1) is 13.2. The lowest BCUT2D eigenvalue weighted by Gasteiger charge is -2.07. The van der Waals surface area contributed by atoms with Crippen molar-refractivity contribution in [1.29, 1.82) is 0 Å². The van der Waals surface area contributed by atoms with Crippen LogP contribution in [0.4, 0.5) is 5.69 Å². The highest BCUT2D eigenvalue weighted by molar-refractivity contribution is 6.37. The standard InChI is InChI=1S/C13H17NO3/c1-4-7-17-13(16)12(15)14-11-6-5-9(2)10(3)8-11/h5-6,8H,4,7H2,1-3H3,(H,14,15). The number of ether oxygens (including phenoxy) is 1. The molecule has 0 aromatic heterocycles. The predicted molar refractivity (Wildman–Crippen MR) is 65.8 cm³/mol. The molecule has 0 unspecified atom stereocenters. The third-order valence-electron chi connectivity index (χ3n) is 2.39. The number of anilines is 1. The number of benzene rings is 1. The van der Waals surface area contributed by atoms with E-state index in [1.807, 2.05) is 32.9 Å². The lowest BCUT2D eigenvalue weighted by atomic mass is 10.1. The van der Waals surface area contributed by atoms with Gasteiger partial charge >= 0.3 is 11.9 Å². The third-order valence-corrected chi connectivity index (χ3v) is 2.39. The molecule has 0 spiro atoms. The summed E-state index contributed by atoms with van der Waals surface area (Å²) in [7, 11) is 0. The van der Waals surface area contributed by atoms with Gasteiger partial charge in [-0.05, 0) is 43.5 Å². The van der Waals surface area contributed by atoms with Crippen LogP contribution in [0.5, 0.6) is 0 Å². The molecule has 4 nitrogen and oxygen atoms in total. The first-order valence-electron chi connectivity index (χ1n) is 5.60. The minimum Gasteiger partial charge on any atom is -0.459 e. The fourth-order valence-corrected chi connectivity index (χ4v) is 1.26. The molecule has 1 rings (SSSR count). The van der Waals surface area contributed by atoms with Gasteiger partial charge in [-0.1, -0.05) is 13.0 Å². The predicted octanol–water partition coefficient (Wildman–Crippen LogP) is 2.20. The van der Waals surface area contributed by atoms with Crippen LogP contribution in [0.15, 0.2) is 18.2 Å². The molecular formula is C13H17NO3. The normalized spacial score (nSPS) is 9.82. The Balaban J connectivity index is 2.61. The van der Waals surface area contributed by atoms with E-state index in [-0.39, 0.29) is 6.61 Å². The molecule has 0 saturated carbocycles. The number of amides is 1. The molecule has 0 heterocycles. The lowest BCUT2D eigenvalue weighted by molar-refractivity contribution is -0.152. The molecule has 1 aromatic rings. The Morgan fingerprint density at radius 2 is 1.94 bits per heavy atom. The summed E-state index contributed by atoms with van der Waals surface area (Å²) in [6.45, 7) is 6.06. The van der Waals surface area contributed by atoms with Gasteiger partial charge in [0.2, 0.25) is 0 Å². The molecule has 0 aliphatic heterocycles. The van der Waals surface area contributed by atoms with E-state index in [1.54, 1.807) is 6.07 Å². The molecule has 0 atom stereocenters. The van der Waals surface area contributed by atoms with E-state index in [0.29, 0.717) is 12.1 Å². The van der Waals surface area contributed by atoms with Gasteiger partial charge in [0, 0.05) is 5.69 Å².